The first-order valence-corrected chi connectivity index (χ1v) is 6.54. The van der Waals surface area contributed by atoms with Crippen LogP contribution in [0, 0.1) is 0 Å². The summed E-state index contributed by atoms with van der Waals surface area (Å²) in [6.45, 7) is 4.39. The van der Waals surface area contributed by atoms with Gasteiger partial charge in [0, 0.05) is 6.04 Å². The van der Waals surface area contributed by atoms with Gasteiger partial charge in [0.1, 0.15) is 14.4 Å². The maximum Gasteiger partial charge on any atom is 0.104 e. The first-order valence-electron chi connectivity index (χ1n) is 4.88. The summed E-state index contributed by atoms with van der Waals surface area (Å²) in [6, 6.07) is 11.0. The van der Waals surface area contributed by atoms with Gasteiger partial charge in [-0.05, 0) is 26.2 Å². The van der Waals surface area contributed by atoms with Crippen LogP contribution >= 0.6 is 8.30 Å². The highest BCUT2D eigenvalue weighted by atomic mass is 31.2. The summed E-state index contributed by atoms with van der Waals surface area (Å²) in [7, 11) is 1.74. The predicted octanol–water partition coefficient (Wildman–Crippen LogP) is 3.02. The Bertz CT molecular complexity index is 303. The zero-order chi connectivity index (χ0) is 10.1. The summed E-state index contributed by atoms with van der Waals surface area (Å²) in [5.74, 6) is 0. The highest BCUT2D eigenvalue weighted by Crippen LogP contribution is 2.52. The fourth-order valence-electron chi connectivity index (χ4n) is 1.76. The molecular weight excluding hydrogens is 193 g/mol. The van der Waals surface area contributed by atoms with Gasteiger partial charge < -0.3 is 4.52 Å². The third-order valence-corrected chi connectivity index (χ3v) is 4.65. The molecule has 3 atom stereocenters. The normalized spacial score (nSPS) is 33.5. The summed E-state index contributed by atoms with van der Waals surface area (Å²) in [4.78, 5) is 0. The van der Waals surface area contributed by atoms with E-state index in [4.69, 9.17) is 4.52 Å². The first-order chi connectivity index (χ1) is 6.70. The lowest BCUT2D eigenvalue weighted by Gasteiger charge is -2.18. The van der Waals surface area contributed by atoms with Crippen molar-refractivity contribution in [2.45, 2.75) is 19.1 Å². The van der Waals surface area contributed by atoms with Crippen molar-refractivity contribution < 1.29 is 4.52 Å². The third-order valence-electron chi connectivity index (χ3n) is 2.87. The molecule has 1 aromatic carbocycles. The summed E-state index contributed by atoms with van der Waals surface area (Å²) >= 11 is 0. The Balaban J connectivity index is 2.21. The van der Waals surface area contributed by atoms with Gasteiger partial charge in [-0.15, -0.1) is 0 Å². The number of benzene rings is 1. The second-order valence-corrected chi connectivity index (χ2v) is 5.49. The largest absolute Gasteiger partial charge is 0.334 e. The van der Waals surface area contributed by atoms with Crippen LogP contribution in [0.3, 0.4) is 0 Å². The van der Waals surface area contributed by atoms with E-state index in [0.29, 0.717) is 6.04 Å². The number of hydrogen-bond donors (Lipinski definition) is 0. The van der Waals surface area contributed by atoms with Crippen LogP contribution in [0.4, 0.5) is 0 Å². The van der Waals surface area contributed by atoms with E-state index in [-0.39, 0.29) is 6.10 Å². The van der Waals surface area contributed by atoms with Crippen LogP contribution in [0.5, 0.6) is 0 Å². The van der Waals surface area contributed by atoms with E-state index in [2.05, 4.69) is 49.6 Å². The molecule has 1 aliphatic heterocycles. The minimum atomic E-state index is -0.395. The molecule has 1 fully saturated rings. The minimum Gasteiger partial charge on any atom is -0.334 e. The lowest BCUT2D eigenvalue weighted by atomic mass is 10.0. The van der Waals surface area contributed by atoms with E-state index in [0.717, 1.165) is 0 Å². The van der Waals surface area contributed by atoms with Crippen LogP contribution in [-0.2, 0) is 4.52 Å². The average molecular weight is 209 g/mol. The molecule has 0 unspecified atom stereocenters. The zero-order valence-electron chi connectivity index (χ0n) is 8.84. The Morgan fingerprint density at radius 3 is 2.43 bits per heavy atom. The molecule has 76 valence electrons. The number of nitrogens with zero attached hydrogens (tertiary/aromatic N) is 1. The maximum absolute atomic E-state index is 5.96. The second kappa shape index (κ2) is 3.98. The predicted molar refractivity (Wildman–Crippen MR) is 60.3 cm³/mol. The Morgan fingerprint density at radius 2 is 1.93 bits per heavy atom. The van der Waals surface area contributed by atoms with Crippen LogP contribution in [-0.4, -0.2) is 24.4 Å². The summed E-state index contributed by atoms with van der Waals surface area (Å²) in [5, 5.41) is 0. The molecule has 3 heteroatoms. The molecule has 0 aliphatic carbocycles. The van der Waals surface area contributed by atoms with Gasteiger partial charge in [0.2, 0.25) is 0 Å². The highest BCUT2D eigenvalue weighted by molar-refractivity contribution is 7.49. The summed E-state index contributed by atoms with van der Waals surface area (Å²) in [5.41, 5.74) is 1.29. The molecule has 1 aliphatic rings. The topological polar surface area (TPSA) is 12.5 Å². The zero-order valence-corrected chi connectivity index (χ0v) is 9.74. The van der Waals surface area contributed by atoms with Crippen molar-refractivity contribution in [1.82, 2.24) is 4.67 Å². The minimum absolute atomic E-state index is 0.248. The van der Waals surface area contributed by atoms with Gasteiger partial charge in [0.25, 0.3) is 0 Å². The average Bonchev–Trinajstić information content (AvgIpc) is 2.47. The SMILES string of the molecule is C[C@H]1[C@H](c2ccccc2)O[P@@](C)N1C. The molecule has 0 aromatic heterocycles. The molecule has 0 N–H and O–H groups in total. The Morgan fingerprint density at radius 1 is 1.29 bits per heavy atom. The number of rotatable bonds is 1. The lowest BCUT2D eigenvalue weighted by Crippen LogP contribution is -2.22. The van der Waals surface area contributed by atoms with E-state index in [1.54, 1.807) is 0 Å². The van der Waals surface area contributed by atoms with Crippen molar-refractivity contribution in [3.05, 3.63) is 35.9 Å². The Kier molecular flexibility index (Phi) is 2.87. The number of hydrogen-bond acceptors (Lipinski definition) is 2. The lowest BCUT2D eigenvalue weighted by molar-refractivity contribution is 0.218. The molecule has 0 bridgehead atoms. The van der Waals surface area contributed by atoms with Crippen LogP contribution in [0.15, 0.2) is 30.3 Å². The fraction of sp³-hybridized carbons (Fsp3) is 0.455. The van der Waals surface area contributed by atoms with Gasteiger partial charge in [-0.25, -0.2) is 0 Å². The molecule has 0 spiro atoms. The van der Waals surface area contributed by atoms with Crippen LogP contribution in [0.1, 0.15) is 18.6 Å². The van der Waals surface area contributed by atoms with E-state index in [9.17, 15) is 0 Å². The molecule has 0 amide bonds. The van der Waals surface area contributed by atoms with Gasteiger partial charge in [0.05, 0.1) is 0 Å². The molecule has 1 saturated heterocycles. The molecule has 0 radical (unpaired) electrons. The van der Waals surface area contributed by atoms with Gasteiger partial charge in [-0.2, -0.15) is 0 Å². The summed E-state index contributed by atoms with van der Waals surface area (Å²) < 4.78 is 8.29. The van der Waals surface area contributed by atoms with E-state index in [1.165, 1.54) is 5.56 Å². The van der Waals surface area contributed by atoms with Gasteiger partial charge >= 0.3 is 0 Å². The number of likely N-dealkylation sites (N-methyl/N-ethyl adjacent to an activating group) is 1. The van der Waals surface area contributed by atoms with Crippen molar-refractivity contribution in [2.75, 3.05) is 13.7 Å². The van der Waals surface area contributed by atoms with Crippen molar-refractivity contribution in [3.63, 3.8) is 0 Å². The van der Waals surface area contributed by atoms with E-state index < -0.39 is 8.30 Å². The fourth-order valence-corrected chi connectivity index (χ4v) is 3.17. The third kappa shape index (κ3) is 1.70. The van der Waals surface area contributed by atoms with Crippen molar-refractivity contribution in [3.8, 4) is 0 Å². The van der Waals surface area contributed by atoms with Crippen LogP contribution in [0.25, 0.3) is 0 Å². The van der Waals surface area contributed by atoms with Gasteiger partial charge in [0.15, 0.2) is 0 Å². The standard InChI is InChI=1S/C11H16NOP/c1-9-11(13-14(3)12(9)2)10-7-5-4-6-8-10/h4-9,11H,1-3H3/t9-,11+,14-/m0/s1. The monoisotopic (exact) mass is 209 g/mol. The molecule has 2 nitrogen and oxygen atoms in total. The quantitative estimate of drug-likeness (QED) is 0.659. The Labute approximate surface area is 86.8 Å². The highest BCUT2D eigenvalue weighted by Gasteiger charge is 2.35. The van der Waals surface area contributed by atoms with Crippen molar-refractivity contribution in [2.24, 2.45) is 0 Å². The Hall–Kier alpha value is -0.430. The first kappa shape index (κ1) is 10.1. The van der Waals surface area contributed by atoms with Gasteiger partial charge in [-0.1, -0.05) is 30.3 Å². The molecule has 1 heterocycles. The van der Waals surface area contributed by atoms with Crippen molar-refractivity contribution >= 4 is 8.30 Å². The molecule has 14 heavy (non-hydrogen) atoms. The molecule has 2 rings (SSSR count). The molecule has 0 saturated carbocycles. The van der Waals surface area contributed by atoms with E-state index >= 15 is 0 Å². The van der Waals surface area contributed by atoms with E-state index in [1.807, 2.05) is 6.07 Å². The summed E-state index contributed by atoms with van der Waals surface area (Å²) in [6.07, 6.45) is 0.248. The van der Waals surface area contributed by atoms with Gasteiger partial charge in [-0.3, -0.25) is 4.67 Å². The molecule has 1 aromatic rings. The molecular formula is C11H16NOP. The second-order valence-electron chi connectivity index (χ2n) is 3.72. The van der Waals surface area contributed by atoms with Crippen LogP contribution in [0.2, 0.25) is 0 Å². The maximum atomic E-state index is 5.96. The van der Waals surface area contributed by atoms with Crippen LogP contribution < -0.4 is 0 Å². The van der Waals surface area contributed by atoms with Crippen molar-refractivity contribution in [1.29, 1.82) is 0 Å². The smallest absolute Gasteiger partial charge is 0.104 e.